The van der Waals surface area contributed by atoms with Crippen LogP contribution in [0.15, 0.2) is 24.3 Å². The molecule has 0 saturated heterocycles. The first-order valence-electron chi connectivity index (χ1n) is 6.16. The Morgan fingerprint density at radius 3 is 2.33 bits per heavy atom. The van der Waals surface area contributed by atoms with Gasteiger partial charge in [0.2, 0.25) is 5.91 Å². The second-order valence-corrected chi connectivity index (χ2v) is 4.66. The number of hydrogen-bond donors (Lipinski definition) is 2. The minimum absolute atomic E-state index is 0. The van der Waals surface area contributed by atoms with E-state index in [1.165, 1.54) is 0 Å². The standard InChI is InChI=1S/C14H22N2O.ClH/c1-4-10(2)11(3)16-14(17)9-12-5-7-13(15)8-6-12;/h5-8,10-11H,4,9,15H2,1-3H3,(H,16,17);1H. The molecular weight excluding hydrogens is 248 g/mol. The van der Waals surface area contributed by atoms with Crippen LogP contribution in [0.25, 0.3) is 0 Å². The lowest BCUT2D eigenvalue weighted by Crippen LogP contribution is -2.37. The lowest BCUT2D eigenvalue weighted by Gasteiger charge is -2.19. The lowest BCUT2D eigenvalue weighted by molar-refractivity contribution is -0.121. The Morgan fingerprint density at radius 1 is 1.28 bits per heavy atom. The maximum absolute atomic E-state index is 11.8. The lowest BCUT2D eigenvalue weighted by atomic mass is 10.0. The second kappa shape index (κ2) is 7.98. The van der Waals surface area contributed by atoms with Gasteiger partial charge in [0, 0.05) is 11.7 Å². The number of carbonyl (C=O) groups excluding carboxylic acids is 1. The number of anilines is 1. The highest BCUT2D eigenvalue weighted by atomic mass is 35.5. The Labute approximate surface area is 116 Å². The molecule has 3 nitrogen and oxygen atoms in total. The van der Waals surface area contributed by atoms with Crippen molar-refractivity contribution in [2.75, 3.05) is 5.73 Å². The quantitative estimate of drug-likeness (QED) is 0.809. The molecule has 0 spiro atoms. The fourth-order valence-corrected chi connectivity index (χ4v) is 1.62. The first-order chi connectivity index (χ1) is 8.02. The molecule has 0 fully saturated rings. The summed E-state index contributed by atoms with van der Waals surface area (Å²) in [7, 11) is 0. The van der Waals surface area contributed by atoms with Gasteiger partial charge in [0.25, 0.3) is 0 Å². The number of nitrogens with two attached hydrogens (primary N) is 1. The summed E-state index contributed by atoms with van der Waals surface area (Å²) >= 11 is 0. The van der Waals surface area contributed by atoms with E-state index in [-0.39, 0.29) is 24.4 Å². The van der Waals surface area contributed by atoms with Gasteiger partial charge in [0.1, 0.15) is 0 Å². The molecule has 0 aromatic heterocycles. The van der Waals surface area contributed by atoms with Gasteiger partial charge < -0.3 is 11.1 Å². The van der Waals surface area contributed by atoms with Crippen LogP contribution in [-0.2, 0) is 11.2 Å². The highest BCUT2D eigenvalue weighted by Gasteiger charge is 2.13. The minimum Gasteiger partial charge on any atom is -0.399 e. The molecule has 4 heteroatoms. The molecule has 102 valence electrons. The molecule has 1 amide bonds. The zero-order valence-corrected chi connectivity index (χ0v) is 12.1. The first-order valence-corrected chi connectivity index (χ1v) is 6.16. The summed E-state index contributed by atoms with van der Waals surface area (Å²) in [6.45, 7) is 6.33. The molecule has 0 radical (unpaired) electrons. The molecule has 0 saturated carbocycles. The van der Waals surface area contributed by atoms with E-state index in [0.717, 1.165) is 17.7 Å². The van der Waals surface area contributed by atoms with Crippen LogP contribution in [0.5, 0.6) is 0 Å². The maximum atomic E-state index is 11.8. The molecule has 1 aromatic carbocycles. The van der Waals surface area contributed by atoms with Crippen LogP contribution >= 0.6 is 12.4 Å². The van der Waals surface area contributed by atoms with Crippen LogP contribution in [0.1, 0.15) is 32.8 Å². The molecule has 0 aliphatic rings. The largest absolute Gasteiger partial charge is 0.399 e. The Kier molecular flexibility index (Phi) is 7.44. The predicted molar refractivity (Wildman–Crippen MR) is 78.9 cm³/mol. The van der Waals surface area contributed by atoms with Crippen molar-refractivity contribution < 1.29 is 4.79 Å². The highest BCUT2D eigenvalue weighted by Crippen LogP contribution is 2.08. The van der Waals surface area contributed by atoms with Crippen molar-refractivity contribution >= 4 is 24.0 Å². The average Bonchev–Trinajstić information content (AvgIpc) is 2.30. The number of rotatable bonds is 5. The summed E-state index contributed by atoms with van der Waals surface area (Å²) in [5, 5.41) is 3.02. The molecule has 2 unspecified atom stereocenters. The number of hydrogen-bond acceptors (Lipinski definition) is 2. The van der Waals surface area contributed by atoms with Gasteiger partial charge in [-0.05, 0) is 30.5 Å². The molecule has 0 aliphatic heterocycles. The molecule has 1 rings (SSSR count). The van der Waals surface area contributed by atoms with Crippen molar-refractivity contribution in [3.63, 3.8) is 0 Å². The third-order valence-electron chi connectivity index (χ3n) is 3.23. The molecule has 1 aromatic rings. The Balaban J connectivity index is 0.00000289. The molecule has 3 N–H and O–H groups in total. The molecule has 0 heterocycles. The van der Waals surface area contributed by atoms with E-state index >= 15 is 0 Å². The van der Waals surface area contributed by atoms with Gasteiger partial charge in [-0.2, -0.15) is 0 Å². The van der Waals surface area contributed by atoms with Crippen molar-refractivity contribution in [3.8, 4) is 0 Å². The average molecular weight is 271 g/mol. The molecule has 18 heavy (non-hydrogen) atoms. The van der Waals surface area contributed by atoms with Crippen LogP contribution in [0.2, 0.25) is 0 Å². The molecule has 2 atom stereocenters. The summed E-state index contributed by atoms with van der Waals surface area (Å²) < 4.78 is 0. The second-order valence-electron chi connectivity index (χ2n) is 4.66. The van der Waals surface area contributed by atoms with E-state index in [0.29, 0.717) is 12.3 Å². The summed E-state index contributed by atoms with van der Waals surface area (Å²) in [4.78, 5) is 11.8. The zero-order valence-electron chi connectivity index (χ0n) is 11.3. The number of carbonyl (C=O) groups is 1. The summed E-state index contributed by atoms with van der Waals surface area (Å²) in [6, 6.07) is 7.65. The SMILES string of the molecule is CCC(C)C(C)NC(=O)Cc1ccc(N)cc1.Cl. The van der Waals surface area contributed by atoms with Gasteiger partial charge in [-0.25, -0.2) is 0 Å². The van der Waals surface area contributed by atoms with Gasteiger partial charge in [-0.3, -0.25) is 4.79 Å². The third-order valence-corrected chi connectivity index (χ3v) is 3.23. The van der Waals surface area contributed by atoms with Crippen LogP contribution < -0.4 is 11.1 Å². The van der Waals surface area contributed by atoms with Crippen molar-refractivity contribution in [1.29, 1.82) is 0 Å². The molecule has 0 aliphatic carbocycles. The highest BCUT2D eigenvalue weighted by molar-refractivity contribution is 5.85. The molecular formula is C14H23ClN2O. The van der Waals surface area contributed by atoms with E-state index in [9.17, 15) is 4.79 Å². The van der Waals surface area contributed by atoms with Crippen molar-refractivity contribution in [3.05, 3.63) is 29.8 Å². The number of amides is 1. The van der Waals surface area contributed by atoms with Gasteiger partial charge in [0.15, 0.2) is 0 Å². The molecule has 0 bridgehead atoms. The fourth-order valence-electron chi connectivity index (χ4n) is 1.62. The Bertz CT molecular complexity index is 365. The normalized spacial score (nSPS) is 13.3. The smallest absolute Gasteiger partial charge is 0.224 e. The predicted octanol–water partition coefficient (Wildman–Crippen LogP) is 2.78. The fraction of sp³-hybridized carbons (Fsp3) is 0.500. The summed E-state index contributed by atoms with van der Waals surface area (Å²) in [6.07, 6.45) is 1.49. The van der Waals surface area contributed by atoms with E-state index in [1.54, 1.807) is 0 Å². The van der Waals surface area contributed by atoms with Crippen LogP contribution in [-0.4, -0.2) is 11.9 Å². The van der Waals surface area contributed by atoms with Crippen molar-refractivity contribution in [2.45, 2.75) is 39.7 Å². The summed E-state index contributed by atoms with van der Waals surface area (Å²) in [5.74, 6) is 0.577. The van der Waals surface area contributed by atoms with E-state index in [1.807, 2.05) is 24.3 Å². The number of nitrogens with one attached hydrogen (secondary N) is 1. The van der Waals surface area contributed by atoms with Crippen molar-refractivity contribution in [1.82, 2.24) is 5.32 Å². The maximum Gasteiger partial charge on any atom is 0.224 e. The van der Waals surface area contributed by atoms with E-state index in [2.05, 4.69) is 26.1 Å². The van der Waals surface area contributed by atoms with Gasteiger partial charge in [-0.1, -0.05) is 32.4 Å². The van der Waals surface area contributed by atoms with Crippen molar-refractivity contribution in [2.24, 2.45) is 5.92 Å². The number of nitrogen functional groups attached to an aromatic ring is 1. The third kappa shape index (κ3) is 5.41. The van der Waals surface area contributed by atoms with Gasteiger partial charge in [-0.15, -0.1) is 12.4 Å². The Hall–Kier alpha value is -1.22. The number of halogens is 1. The zero-order chi connectivity index (χ0) is 12.8. The minimum atomic E-state index is 0. The van der Waals surface area contributed by atoms with Gasteiger partial charge >= 0.3 is 0 Å². The topological polar surface area (TPSA) is 55.1 Å². The Morgan fingerprint density at radius 2 is 1.83 bits per heavy atom. The van der Waals surface area contributed by atoms with Crippen LogP contribution in [0.3, 0.4) is 0 Å². The van der Waals surface area contributed by atoms with Crippen LogP contribution in [0.4, 0.5) is 5.69 Å². The van der Waals surface area contributed by atoms with Crippen LogP contribution in [0, 0.1) is 5.92 Å². The number of benzene rings is 1. The van der Waals surface area contributed by atoms with Gasteiger partial charge in [0.05, 0.1) is 6.42 Å². The first kappa shape index (κ1) is 16.8. The monoisotopic (exact) mass is 270 g/mol. The summed E-state index contributed by atoms with van der Waals surface area (Å²) in [5.41, 5.74) is 7.31. The van der Waals surface area contributed by atoms with E-state index in [4.69, 9.17) is 5.73 Å². The van der Waals surface area contributed by atoms with E-state index < -0.39 is 0 Å².